The Balaban J connectivity index is 1.95. The van der Waals surface area contributed by atoms with Gasteiger partial charge in [-0.25, -0.2) is 0 Å². The van der Waals surface area contributed by atoms with Gasteiger partial charge in [0.1, 0.15) is 0 Å². The normalized spacial score (nSPS) is 11.3. The van der Waals surface area contributed by atoms with Crippen LogP contribution in [-0.2, 0) is 13.6 Å². The van der Waals surface area contributed by atoms with Crippen molar-refractivity contribution in [2.24, 2.45) is 7.05 Å². The molecule has 1 N–H and O–H groups in total. The van der Waals surface area contributed by atoms with Gasteiger partial charge in [0, 0.05) is 37.1 Å². The van der Waals surface area contributed by atoms with Crippen LogP contribution in [0, 0.1) is 0 Å². The molecule has 20 heavy (non-hydrogen) atoms. The van der Waals surface area contributed by atoms with Crippen LogP contribution < -0.4 is 5.32 Å². The van der Waals surface area contributed by atoms with E-state index in [0.717, 1.165) is 36.3 Å². The molecule has 0 radical (unpaired) electrons. The van der Waals surface area contributed by atoms with Gasteiger partial charge in [-0.05, 0) is 30.5 Å². The lowest BCUT2D eigenvalue weighted by molar-refractivity contribution is 0.675. The first-order chi connectivity index (χ1) is 9.78. The molecule has 5 heteroatoms. The third-order valence-electron chi connectivity index (χ3n) is 3.22. The van der Waals surface area contributed by atoms with Crippen LogP contribution in [0.5, 0.6) is 0 Å². The monoisotopic (exact) mass is 286 g/mol. The molecule has 0 aromatic carbocycles. The summed E-state index contributed by atoms with van der Waals surface area (Å²) in [5.41, 5.74) is 4.40. The molecule has 3 aromatic heterocycles. The quantitative estimate of drug-likeness (QED) is 0.732. The maximum atomic E-state index is 4.59. The highest BCUT2D eigenvalue weighted by molar-refractivity contribution is 7.17. The Hall–Kier alpha value is -1.72. The third kappa shape index (κ3) is 2.59. The lowest BCUT2D eigenvalue weighted by atomic mass is 10.1. The lowest BCUT2D eigenvalue weighted by Gasteiger charge is -2.04. The average Bonchev–Trinajstić information content (AvgIpc) is 3.04. The van der Waals surface area contributed by atoms with Gasteiger partial charge in [0.2, 0.25) is 0 Å². The number of fused-ring (bicyclic) bond motifs is 1. The van der Waals surface area contributed by atoms with E-state index in [1.165, 1.54) is 10.3 Å². The first kappa shape index (κ1) is 13.3. The van der Waals surface area contributed by atoms with Crippen LogP contribution in [0.2, 0.25) is 0 Å². The summed E-state index contributed by atoms with van der Waals surface area (Å²) in [5.74, 6) is 0. The molecule has 3 aromatic rings. The van der Waals surface area contributed by atoms with E-state index in [1.807, 2.05) is 24.0 Å². The zero-order chi connectivity index (χ0) is 13.9. The van der Waals surface area contributed by atoms with Gasteiger partial charge in [-0.1, -0.05) is 6.92 Å². The van der Waals surface area contributed by atoms with Crippen molar-refractivity contribution >= 4 is 21.6 Å². The number of nitrogens with one attached hydrogen (secondary N) is 1. The van der Waals surface area contributed by atoms with Crippen molar-refractivity contribution in [2.75, 3.05) is 6.54 Å². The minimum Gasteiger partial charge on any atom is -0.313 e. The minimum absolute atomic E-state index is 0.847. The number of thiophene rings is 1. The van der Waals surface area contributed by atoms with Gasteiger partial charge in [-0.3, -0.25) is 9.67 Å². The van der Waals surface area contributed by atoms with Crippen molar-refractivity contribution in [1.29, 1.82) is 0 Å². The summed E-state index contributed by atoms with van der Waals surface area (Å²) in [6.07, 6.45) is 5.13. The fourth-order valence-corrected chi connectivity index (χ4v) is 3.07. The van der Waals surface area contributed by atoms with E-state index < -0.39 is 0 Å². The molecule has 3 rings (SSSR count). The van der Waals surface area contributed by atoms with E-state index in [4.69, 9.17) is 0 Å². The standard InChI is InChI=1S/C15H18N4S/c1-3-5-16-8-12-10-19(2)18-15(12)11-7-14-13(17-9-11)4-6-20-14/h4,6-7,9-10,16H,3,5,8H2,1-2H3. The van der Waals surface area contributed by atoms with Crippen molar-refractivity contribution in [1.82, 2.24) is 20.1 Å². The number of hydrogen-bond donors (Lipinski definition) is 1. The van der Waals surface area contributed by atoms with Crippen molar-refractivity contribution in [3.63, 3.8) is 0 Å². The Labute approximate surface area is 122 Å². The molecule has 0 atom stereocenters. The lowest BCUT2D eigenvalue weighted by Crippen LogP contribution is -2.13. The van der Waals surface area contributed by atoms with Crippen LogP contribution >= 0.6 is 11.3 Å². The molecule has 0 aliphatic rings. The van der Waals surface area contributed by atoms with Gasteiger partial charge < -0.3 is 5.32 Å². The number of nitrogens with zero attached hydrogens (tertiary/aromatic N) is 3. The first-order valence-electron chi connectivity index (χ1n) is 6.85. The largest absolute Gasteiger partial charge is 0.313 e. The van der Waals surface area contributed by atoms with E-state index >= 15 is 0 Å². The van der Waals surface area contributed by atoms with Gasteiger partial charge in [0.25, 0.3) is 0 Å². The third-order valence-corrected chi connectivity index (χ3v) is 4.08. The van der Waals surface area contributed by atoms with E-state index in [2.05, 4.69) is 40.0 Å². The van der Waals surface area contributed by atoms with E-state index in [-0.39, 0.29) is 0 Å². The highest BCUT2D eigenvalue weighted by atomic mass is 32.1. The van der Waals surface area contributed by atoms with Crippen LogP contribution in [0.15, 0.2) is 29.9 Å². The number of hydrogen-bond acceptors (Lipinski definition) is 4. The highest BCUT2D eigenvalue weighted by Gasteiger charge is 2.11. The van der Waals surface area contributed by atoms with E-state index in [9.17, 15) is 0 Å². The maximum Gasteiger partial charge on any atom is 0.0983 e. The number of aryl methyl sites for hydroxylation is 1. The number of pyridine rings is 1. The van der Waals surface area contributed by atoms with Crippen LogP contribution in [0.1, 0.15) is 18.9 Å². The summed E-state index contributed by atoms with van der Waals surface area (Å²) in [5, 5.41) is 10.1. The van der Waals surface area contributed by atoms with Crippen molar-refractivity contribution in [3.05, 3.63) is 35.5 Å². The molecule has 0 aliphatic heterocycles. The van der Waals surface area contributed by atoms with Gasteiger partial charge in [0.05, 0.1) is 15.9 Å². The summed E-state index contributed by atoms with van der Waals surface area (Å²) in [6.45, 7) is 4.04. The molecule has 0 fully saturated rings. The Morgan fingerprint density at radius 3 is 3.15 bits per heavy atom. The van der Waals surface area contributed by atoms with Gasteiger partial charge in [-0.2, -0.15) is 5.10 Å². The maximum absolute atomic E-state index is 4.59. The molecular weight excluding hydrogens is 268 g/mol. The van der Waals surface area contributed by atoms with E-state index in [1.54, 1.807) is 11.3 Å². The molecule has 3 heterocycles. The molecule has 104 valence electrons. The molecule has 0 aliphatic carbocycles. The topological polar surface area (TPSA) is 42.7 Å². The minimum atomic E-state index is 0.847. The SMILES string of the molecule is CCCNCc1cn(C)nc1-c1cnc2ccsc2c1. The van der Waals surface area contributed by atoms with Gasteiger partial charge >= 0.3 is 0 Å². The van der Waals surface area contributed by atoms with Crippen LogP contribution in [0.25, 0.3) is 21.5 Å². The zero-order valence-electron chi connectivity index (χ0n) is 11.8. The highest BCUT2D eigenvalue weighted by Crippen LogP contribution is 2.27. The second-order valence-corrected chi connectivity index (χ2v) is 5.83. The Morgan fingerprint density at radius 1 is 1.40 bits per heavy atom. The second kappa shape index (κ2) is 5.73. The zero-order valence-corrected chi connectivity index (χ0v) is 12.6. The van der Waals surface area contributed by atoms with Gasteiger partial charge in [-0.15, -0.1) is 11.3 Å². The molecular formula is C15H18N4S. The average molecular weight is 286 g/mol. The van der Waals surface area contributed by atoms with Crippen molar-refractivity contribution in [2.45, 2.75) is 19.9 Å². The van der Waals surface area contributed by atoms with E-state index in [0.29, 0.717) is 0 Å². The summed E-state index contributed by atoms with van der Waals surface area (Å²) < 4.78 is 3.08. The molecule has 0 spiro atoms. The molecule has 0 amide bonds. The summed E-state index contributed by atoms with van der Waals surface area (Å²) in [7, 11) is 1.96. The Morgan fingerprint density at radius 2 is 2.30 bits per heavy atom. The Bertz CT molecular complexity index is 714. The van der Waals surface area contributed by atoms with Crippen molar-refractivity contribution in [3.8, 4) is 11.3 Å². The predicted molar refractivity (Wildman–Crippen MR) is 83.8 cm³/mol. The molecule has 0 saturated heterocycles. The Kier molecular flexibility index (Phi) is 3.80. The first-order valence-corrected chi connectivity index (χ1v) is 7.72. The molecule has 0 unspecified atom stereocenters. The van der Waals surface area contributed by atoms with Crippen LogP contribution in [-0.4, -0.2) is 21.3 Å². The number of aromatic nitrogens is 3. The molecule has 0 bridgehead atoms. The predicted octanol–water partition coefficient (Wildman–Crippen LogP) is 3.20. The molecule has 4 nitrogen and oxygen atoms in total. The van der Waals surface area contributed by atoms with Crippen molar-refractivity contribution < 1.29 is 0 Å². The second-order valence-electron chi connectivity index (χ2n) is 4.88. The van der Waals surface area contributed by atoms with Gasteiger partial charge in [0.15, 0.2) is 0 Å². The van der Waals surface area contributed by atoms with Crippen LogP contribution in [0.3, 0.4) is 0 Å². The fraction of sp³-hybridized carbons (Fsp3) is 0.333. The smallest absolute Gasteiger partial charge is 0.0983 e. The number of rotatable bonds is 5. The summed E-state index contributed by atoms with van der Waals surface area (Å²) in [4.78, 5) is 4.51. The molecule has 0 saturated carbocycles. The summed E-state index contributed by atoms with van der Waals surface area (Å²) in [6, 6.07) is 4.23. The fourth-order valence-electron chi connectivity index (χ4n) is 2.29. The van der Waals surface area contributed by atoms with Crippen LogP contribution in [0.4, 0.5) is 0 Å². The summed E-state index contributed by atoms with van der Waals surface area (Å²) >= 11 is 1.72.